The van der Waals surface area contributed by atoms with E-state index in [1.807, 2.05) is 19.1 Å². The van der Waals surface area contributed by atoms with E-state index in [1.165, 1.54) is 19.1 Å². The average molecular weight is 360 g/mol. The summed E-state index contributed by atoms with van der Waals surface area (Å²) in [5.41, 5.74) is 4.47. The minimum Gasteiger partial charge on any atom is -0.451 e. The van der Waals surface area contributed by atoms with Crippen LogP contribution in [0.25, 0.3) is 0 Å². The van der Waals surface area contributed by atoms with Gasteiger partial charge in [0.25, 0.3) is 0 Å². The van der Waals surface area contributed by atoms with Crippen LogP contribution in [0.3, 0.4) is 0 Å². The fourth-order valence-corrected chi connectivity index (χ4v) is 2.11. The molecular weight excluding hydrogens is 344 g/mol. The number of benzene rings is 2. The number of Topliss-reactive ketones (excluding diaryl/α,β-unsaturated/α-hetero) is 1. The van der Waals surface area contributed by atoms with Crippen LogP contribution in [0.1, 0.15) is 33.2 Å². The van der Waals surface area contributed by atoms with Gasteiger partial charge in [-0.3, -0.25) is 10.2 Å². The number of hydrogen-bond acceptors (Lipinski definition) is 7. The SMILES string of the molecule is Cc1ccc(C(=O)C(C)OC(=O)c2ccc(NN=C(C#N)C#N)cc2)cc1. The molecule has 0 amide bonds. The van der Waals surface area contributed by atoms with Crippen LogP contribution in [0, 0.1) is 29.6 Å². The van der Waals surface area contributed by atoms with E-state index in [2.05, 4.69) is 10.5 Å². The Balaban J connectivity index is 2.00. The number of nitrogens with zero attached hydrogens (tertiary/aromatic N) is 3. The zero-order chi connectivity index (χ0) is 19.8. The van der Waals surface area contributed by atoms with Gasteiger partial charge < -0.3 is 4.74 Å². The highest BCUT2D eigenvalue weighted by Gasteiger charge is 2.20. The van der Waals surface area contributed by atoms with E-state index in [-0.39, 0.29) is 17.1 Å². The van der Waals surface area contributed by atoms with E-state index in [4.69, 9.17) is 15.3 Å². The zero-order valence-electron chi connectivity index (χ0n) is 14.8. The van der Waals surface area contributed by atoms with Crippen LogP contribution in [0.4, 0.5) is 5.69 Å². The molecule has 134 valence electrons. The summed E-state index contributed by atoms with van der Waals surface area (Å²) in [5.74, 6) is -0.913. The van der Waals surface area contributed by atoms with Crippen LogP contribution in [-0.2, 0) is 4.74 Å². The van der Waals surface area contributed by atoms with E-state index in [9.17, 15) is 9.59 Å². The van der Waals surface area contributed by atoms with Crippen molar-refractivity contribution in [3.05, 3.63) is 65.2 Å². The topological polar surface area (TPSA) is 115 Å². The number of hydrazone groups is 1. The molecule has 2 rings (SSSR count). The number of aryl methyl sites for hydroxylation is 1. The van der Waals surface area contributed by atoms with Crippen LogP contribution in [-0.4, -0.2) is 23.6 Å². The molecule has 1 unspecified atom stereocenters. The summed E-state index contributed by atoms with van der Waals surface area (Å²) in [7, 11) is 0. The Morgan fingerprint density at radius 3 is 2.11 bits per heavy atom. The van der Waals surface area contributed by atoms with Crippen LogP contribution in [0.5, 0.6) is 0 Å². The molecule has 0 aliphatic carbocycles. The molecule has 0 fully saturated rings. The Bertz CT molecular complexity index is 933. The molecule has 0 heterocycles. The molecule has 0 radical (unpaired) electrons. The average Bonchev–Trinajstić information content (AvgIpc) is 2.69. The predicted molar refractivity (Wildman–Crippen MR) is 99.1 cm³/mol. The summed E-state index contributed by atoms with van der Waals surface area (Å²) in [6.07, 6.45) is -0.920. The molecule has 0 aromatic heterocycles. The van der Waals surface area contributed by atoms with Gasteiger partial charge in [-0.1, -0.05) is 29.8 Å². The van der Waals surface area contributed by atoms with Crippen LogP contribution in [0.2, 0.25) is 0 Å². The van der Waals surface area contributed by atoms with Gasteiger partial charge in [-0.05, 0) is 38.1 Å². The van der Waals surface area contributed by atoms with E-state index >= 15 is 0 Å². The Kier molecular flexibility index (Phi) is 6.40. The molecular formula is C20H16N4O3. The van der Waals surface area contributed by atoms with Gasteiger partial charge in [-0.2, -0.15) is 15.6 Å². The molecule has 0 saturated carbocycles. The first kappa shape index (κ1) is 19.4. The smallest absolute Gasteiger partial charge is 0.338 e. The maximum Gasteiger partial charge on any atom is 0.338 e. The normalized spacial score (nSPS) is 10.7. The Labute approximate surface area is 156 Å². The molecule has 1 atom stereocenters. The van der Waals surface area contributed by atoms with Crippen molar-refractivity contribution < 1.29 is 14.3 Å². The fraction of sp³-hybridized carbons (Fsp3) is 0.150. The second kappa shape index (κ2) is 8.93. The molecule has 2 aromatic rings. The molecule has 0 bridgehead atoms. The van der Waals surface area contributed by atoms with Crippen molar-refractivity contribution in [1.29, 1.82) is 10.5 Å². The monoisotopic (exact) mass is 360 g/mol. The van der Waals surface area contributed by atoms with Gasteiger partial charge in [0, 0.05) is 5.56 Å². The number of rotatable bonds is 6. The standard InChI is InChI=1S/C20H16N4O3/c1-13-3-5-15(6-4-13)19(25)14(2)27-20(26)16-7-9-17(10-8-16)23-24-18(11-21)12-22/h3-10,14,23H,1-2H3. The zero-order valence-corrected chi connectivity index (χ0v) is 14.8. The van der Waals surface area contributed by atoms with Gasteiger partial charge >= 0.3 is 5.97 Å². The molecule has 7 nitrogen and oxygen atoms in total. The van der Waals surface area contributed by atoms with Crippen molar-refractivity contribution in [1.82, 2.24) is 0 Å². The van der Waals surface area contributed by atoms with Crippen molar-refractivity contribution in [3.63, 3.8) is 0 Å². The Hall–Kier alpha value is -3.97. The first-order valence-corrected chi connectivity index (χ1v) is 8.00. The van der Waals surface area contributed by atoms with Crippen LogP contribution >= 0.6 is 0 Å². The minimum atomic E-state index is -0.920. The summed E-state index contributed by atoms with van der Waals surface area (Å²) >= 11 is 0. The number of anilines is 1. The molecule has 0 spiro atoms. The largest absolute Gasteiger partial charge is 0.451 e. The van der Waals surface area contributed by atoms with Crippen LogP contribution < -0.4 is 5.43 Å². The van der Waals surface area contributed by atoms with E-state index in [1.54, 1.807) is 36.4 Å². The third-order valence-corrected chi connectivity index (χ3v) is 3.62. The second-order valence-corrected chi connectivity index (χ2v) is 5.65. The summed E-state index contributed by atoms with van der Waals surface area (Å²) in [6, 6.07) is 16.3. The lowest BCUT2D eigenvalue weighted by Gasteiger charge is -2.12. The third-order valence-electron chi connectivity index (χ3n) is 3.62. The summed E-state index contributed by atoms with van der Waals surface area (Å²) < 4.78 is 5.23. The van der Waals surface area contributed by atoms with E-state index in [0.717, 1.165) is 5.56 Å². The van der Waals surface area contributed by atoms with Crippen LogP contribution in [0.15, 0.2) is 53.6 Å². The van der Waals surface area contributed by atoms with Gasteiger partial charge in [0.2, 0.25) is 11.5 Å². The fourth-order valence-electron chi connectivity index (χ4n) is 2.11. The number of nitriles is 2. The molecule has 0 saturated heterocycles. The highest BCUT2D eigenvalue weighted by Crippen LogP contribution is 2.13. The number of carbonyl (C=O) groups excluding carboxylic acids is 2. The first-order valence-electron chi connectivity index (χ1n) is 8.00. The van der Waals surface area contributed by atoms with Gasteiger partial charge in [-0.15, -0.1) is 0 Å². The quantitative estimate of drug-likeness (QED) is 0.366. The van der Waals surface area contributed by atoms with Gasteiger partial charge in [0.1, 0.15) is 12.1 Å². The maximum atomic E-state index is 12.3. The molecule has 0 aliphatic rings. The second-order valence-electron chi connectivity index (χ2n) is 5.65. The lowest BCUT2D eigenvalue weighted by Crippen LogP contribution is -2.24. The van der Waals surface area contributed by atoms with E-state index in [0.29, 0.717) is 11.3 Å². The van der Waals surface area contributed by atoms with Gasteiger partial charge in [0.05, 0.1) is 11.3 Å². The molecule has 1 N–H and O–H groups in total. The third kappa shape index (κ3) is 5.25. The van der Waals surface area contributed by atoms with Gasteiger partial charge in [0.15, 0.2) is 6.10 Å². The predicted octanol–water partition coefficient (Wildman–Crippen LogP) is 3.24. The number of ether oxygens (including phenoxy) is 1. The van der Waals surface area contributed by atoms with Gasteiger partial charge in [-0.25, -0.2) is 4.79 Å². The molecule has 0 aliphatic heterocycles. The Morgan fingerprint density at radius 2 is 1.56 bits per heavy atom. The van der Waals surface area contributed by atoms with Crippen molar-refractivity contribution in [2.45, 2.75) is 20.0 Å². The number of carbonyl (C=O) groups is 2. The van der Waals surface area contributed by atoms with Crippen molar-refractivity contribution in [2.24, 2.45) is 5.10 Å². The lowest BCUT2D eigenvalue weighted by molar-refractivity contribution is 0.0319. The Morgan fingerprint density at radius 1 is 1.00 bits per heavy atom. The molecule has 2 aromatic carbocycles. The van der Waals surface area contributed by atoms with Crippen molar-refractivity contribution in [3.8, 4) is 12.1 Å². The summed E-state index contributed by atoms with van der Waals surface area (Å²) in [5, 5.41) is 20.8. The maximum absolute atomic E-state index is 12.3. The van der Waals surface area contributed by atoms with Crippen molar-refractivity contribution >= 4 is 23.2 Å². The first-order chi connectivity index (χ1) is 12.9. The number of esters is 1. The lowest BCUT2D eigenvalue weighted by atomic mass is 10.1. The highest BCUT2D eigenvalue weighted by molar-refractivity contribution is 6.10. The van der Waals surface area contributed by atoms with Crippen molar-refractivity contribution in [2.75, 3.05) is 5.43 Å². The minimum absolute atomic E-state index is 0.258. The molecule has 27 heavy (non-hydrogen) atoms. The van der Waals surface area contributed by atoms with E-state index < -0.39 is 12.1 Å². The number of ketones is 1. The number of hydrogen-bond donors (Lipinski definition) is 1. The molecule has 7 heteroatoms. The highest BCUT2D eigenvalue weighted by atomic mass is 16.5. The summed E-state index contributed by atoms with van der Waals surface area (Å²) in [4.78, 5) is 24.5. The summed E-state index contributed by atoms with van der Waals surface area (Å²) in [6.45, 7) is 3.44. The number of nitrogens with one attached hydrogen (secondary N) is 1.